The highest BCUT2D eigenvalue weighted by Gasteiger charge is 2.13. The standard InChI is InChI=1S/C24H26N4O2/c1-24(2,3)14-25-23-19-12-18(7-8-20(19)26-15-27-23)17-6-4-5-16(11-17)13-28-21(29)9-10-22(28)30/h4-12,15,29-30H,13-14H2,1-3H3,(H,25,26,27). The third-order valence-electron chi connectivity index (χ3n) is 4.96. The smallest absolute Gasteiger partial charge is 0.194 e. The molecule has 0 radical (unpaired) electrons. The zero-order valence-corrected chi connectivity index (χ0v) is 17.4. The van der Waals surface area contributed by atoms with Crippen LogP contribution < -0.4 is 5.32 Å². The van der Waals surface area contributed by atoms with Crippen molar-refractivity contribution in [2.45, 2.75) is 27.3 Å². The van der Waals surface area contributed by atoms with Crippen molar-refractivity contribution in [1.82, 2.24) is 14.5 Å². The zero-order chi connectivity index (χ0) is 21.3. The van der Waals surface area contributed by atoms with Gasteiger partial charge in [-0.05, 0) is 40.3 Å². The van der Waals surface area contributed by atoms with E-state index in [1.54, 1.807) is 6.33 Å². The lowest BCUT2D eigenvalue weighted by Gasteiger charge is -2.19. The quantitative estimate of drug-likeness (QED) is 0.437. The van der Waals surface area contributed by atoms with E-state index in [4.69, 9.17) is 0 Å². The van der Waals surface area contributed by atoms with E-state index in [1.807, 2.05) is 30.3 Å². The Morgan fingerprint density at radius 3 is 2.37 bits per heavy atom. The third-order valence-corrected chi connectivity index (χ3v) is 4.96. The minimum absolute atomic E-state index is 0.0373. The minimum atomic E-state index is 0.0373. The molecule has 6 heteroatoms. The van der Waals surface area contributed by atoms with Crippen LogP contribution in [-0.2, 0) is 6.54 Å². The summed E-state index contributed by atoms with van der Waals surface area (Å²) in [5.41, 5.74) is 4.11. The van der Waals surface area contributed by atoms with Gasteiger partial charge in [0.2, 0.25) is 0 Å². The molecule has 3 N–H and O–H groups in total. The fraction of sp³-hybridized carbons (Fsp3) is 0.250. The van der Waals surface area contributed by atoms with Gasteiger partial charge in [0.1, 0.15) is 12.1 Å². The molecule has 2 aromatic heterocycles. The number of fused-ring (bicyclic) bond motifs is 1. The van der Waals surface area contributed by atoms with Crippen molar-refractivity contribution in [3.63, 3.8) is 0 Å². The Bertz CT molecular complexity index is 1170. The third kappa shape index (κ3) is 4.22. The molecule has 0 aliphatic heterocycles. The normalized spacial score (nSPS) is 11.7. The van der Waals surface area contributed by atoms with Gasteiger partial charge >= 0.3 is 0 Å². The molecule has 4 aromatic rings. The molecule has 0 aliphatic carbocycles. The van der Waals surface area contributed by atoms with Gasteiger partial charge in [-0.1, -0.05) is 45.0 Å². The molecule has 2 heterocycles. The number of anilines is 1. The topological polar surface area (TPSA) is 83.2 Å². The van der Waals surface area contributed by atoms with E-state index in [9.17, 15) is 10.2 Å². The summed E-state index contributed by atoms with van der Waals surface area (Å²) in [4.78, 5) is 8.85. The maximum Gasteiger partial charge on any atom is 0.194 e. The Hall–Kier alpha value is -3.54. The second kappa shape index (κ2) is 7.71. The van der Waals surface area contributed by atoms with Crippen molar-refractivity contribution in [3.8, 4) is 22.9 Å². The summed E-state index contributed by atoms with van der Waals surface area (Å²) in [6.45, 7) is 7.73. The molecule has 0 amide bonds. The minimum Gasteiger partial charge on any atom is -0.494 e. The SMILES string of the molecule is CC(C)(C)CNc1ncnc2ccc(-c3cccc(Cn4c(O)ccc4O)c3)cc12. The first-order valence-electron chi connectivity index (χ1n) is 9.96. The van der Waals surface area contributed by atoms with Crippen LogP contribution in [-0.4, -0.2) is 31.3 Å². The van der Waals surface area contributed by atoms with Gasteiger partial charge in [0.05, 0.1) is 12.1 Å². The van der Waals surface area contributed by atoms with Crippen molar-refractivity contribution in [1.29, 1.82) is 0 Å². The molecule has 6 nitrogen and oxygen atoms in total. The van der Waals surface area contributed by atoms with Crippen LogP contribution in [0.15, 0.2) is 60.9 Å². The van der Waals surface area contributed by atoms with E-state index >= 15 is 0 Å². The van der Waals surface area contributed by atoms with E-state index < -0.39 is 0 Å². The van der Waals surface area contributed by atoms with Crippen LogP contribution >= 0.6 is 0 Å². The zero-order valence-electron chi connectivity index (χ0n) is 17.4. The molecule has 0 atom stereocenters. The number of hydrogen-bond donors (Lipinski definition) is 3. The maximum absolute atomic E-state index is 9.92. The van der Waals surface area contributed by atoms with Crippen LogP contribution in [0.3, 0.4) is 0 Å². The van der Waals surface area contributed by atoms with Crippen molar-refractivity contribution in [3.05, 3.63) is 66.5 Å². The van der Waals surface area contributed by atoms with Crippen LogP contribution in [0.5, 0.6) is 11.8 Å². The number of rotatable bonds is 5. The molecule has 0 bridgehead atoms. The van der Waals surface area contributed by atoms with Crippen LogP contribution in [0, 0.1) is 5.41 Å². The monoisotopic (exact) mass is 402 g/mol. The van der Waals surface area contributed by atoms with Crippen molar-refractivity contribution >= 4 is 16.7 Å². The van der Waals surface area contributed by atoms with Gasteiger partial charge in [0.15, 0.2) is 11.8 Å². The summed E-state index contributed by atoms with van der Waals surface area (Å²) in [5.74, 6) is 0.903. The molecule has 30 heavy (non-hydrogen) atoms. The summed E-state index contributed by atoms with van der Waals surface area (Å²) < 4.78 is 1.46. The number of aromatic hydroxyl groups is 2. The number of nitrogens with one attached hydrogen (secondary N) is 1. The Kier molecular flexibility index (Phi) is 5.08. The lowest BCUT2D eigenvalue weighted by Crippen LogP contribution is -2.19. The average Bonchev–Trinajstić information content (AvgIpc) is 3.03. The first-order chi connectivity index (χ1) is 14.3. The second-order valence-corrected chi connectivity index (χ2v) is 8.70. The largest absolute Gasteiger partial charge is 0.494 e. The molecule has 0 aliphatic rings. The average molecular weight is 402 g/mol. The molecule has 0 fully saturated rings. The predicted octanol–water partition coefficient (Wildman–Crippen LogP) is 5.02. The van der Waals surface area contributed by atoms with Crippen molar-refractivity contribution < 1.29 is 10.2 Å². The van der Waals surface area contributed by atoms with E-state index in [0.717, 1.165) is 40.0 Å². The first-order valence-corrected chi connectivity index (χ1v) is 9.96. The first kappa shape index (κ1) is 19.8. The molecular formula is C24H26N4O2. The molecule has 0 unspecified atom stereocenters. The van der Waals surface area contributed by atoms with Gasteiger partial charge in [-0.25, -0.2) is 9.97 Å². The highest BCUT2D eigenvalue weighted by molar-refractivity contribution is 5.92. The fourth-order valence-corrected chi connectivity index (χ4v) is 3.37. The summed E-state index contributed by atoms with van der Waals surface area (Å²) in [6, 6.07) is 17.2. The van der Waals surface area contributed by atoms with Gasteiger partial charge in [0.25, 0.3) is 0 Å². The molecular weight excluding hydrogens is 376 g/mol. The Morgan fingerprint density at radius 1 is 0.900 bits per heavy atom. The van der Waals surface area contributed by atoms with Crippen molar-refractivity contribution in [2.24, 2.45) is 5.41 Å². The predicted molar refractivity (Wildman–Crippen MR) is 120 cm³/mol. The Balaban J connectivity index is 1.68. The molecule has 2 aromatic carbocycles. The van der Waals surface area contributed by atoms with E-state index in [0.29, 0.717) is 6.54 Å². The van der Waals surface area contributed by atoms with Gasteiger partial charge in [-0.3, -0.25) is 4.57 Å². The van der Waals surface area contributed by atoms with Crippen LogP contribution in [0.1, 0.15) is 26.3 Å². The highest BCUT2D eigenvalue weighted by atomic mass is 16.3. The van der Waals surface area contributed by atoms with E-state index in [1.165, 1.54) is 16.7 Å². The summed E-state index contributed by atoms with van der Waals surface area (Å²) in [6.07, 6.45) is 1.59. The number of benzene rings is 2. The van der Waals surface area contributed by atoms with E-state index in [-0.39, 0.29) is 17.2 Å². The van der Waals surface area contributed by atoms with Crippen molar-refractivity contribution in [2.75, 3.05) is 11.9 Å². The summed E-state index contributed by atoms with van der Waals surface area (Å²) in [5, 5.41) is 24.3. The van der Waals surface area contributed by atoms with Crippen LogP contribution in [0.25, 0.3) is 22.0 Å². The van der Waals surface area contributed by atoms with E-state index in [2.05, 4.69) is 48.2 Å². The number of aromatic nitrogens is 3. The molecule has 0 spiro atoms. The Morgan fingerprint density at radius 2 is 1.63 bits per heavy atom. The fourth-order valence-electron chi connectivity index (χ4n) is 3.37. The molecule has 0 saturated heterocycles. The molecule has 0 saturated carbocycles. The summed E-state index contributed by atoms with van der Waals surface area (Å²) >= 11 is 0. The van der Waals surface area contributed by atoms with Crippen LogP contribution in [0.4, 0.5) is 5.82 Å². The van der Waals surface area contributed by atoms with Gasteiger partial charge in [-0.15, -0.1) is 0 Å². The number of nitrogens with zero attached hydrogens (tertiary/aromatic N) is 3. The van der Waals surface area contributed by atoms with Crippen LogP contribution in [0.2, 0.25) is 0 Å². The lowest BCUT2D eigenvalue weighted by atomic mass is 9.97. The Labute approximate surface area is 175 Å². The molecule has 4 rings (SSSR count). The maximum atomic E-state index is 9.92. The van der Waals surface area contributed by atoms with Gasteiger partial charge in [0, 0.05) is 24.1 Å². The lowest BCUT2D eigenvalue weighted by molar-refractivity contribution is 0.377. The van der Waals surface area contributed by atoms with Gasteiger partial charge < -0.3 is 15.5 Å². The summed E-state index contributed by atoms with van der Waals surface area (Å²) in [7, 11) is 0. The molecule has 154 valence electrons. The number of hydrogen-bond acceptors (Lipinski definition) is 5. The highest BCUT2D eigenvalue weighted by Crippen LogP contribution is 2.29. The van der Waals surface area contributed by atoms with Gasteiger partial charge in [-0.2, -0.15) is 0 Å². The second-order valence-electron chi connectivity index (χ2n) is 8.70.